The highest BCUT2D eigenvalue weighted by Gasteiger charge is 2.02. The Morgan fingerprint density at radius 2 is 2.21 bits per heavy atom. The molecule has 0 aliphatic heterocycles. The second-order valence-electron chi connectivity index (χ2n) is 3.41. The number of ether oxygens (including phenoxy) is 1. The van der Waals surface area contributed by atoms with Crippen LogP contribution in [0.25, 0.3) is 0 Å². The SMILES string of the molecule is COC(C)CNc1cc(C)ccc1Br. The minimum Gasteiger partial charge on any atom is -0.382 e. The van der Waals surface area contributed by atoms with Gasteiger partial charge >= 0.3 is 0 Å². The zero-order chi connectivity index (χ0) is 10.6. The third-order valence-electron chi connectivity index (χ3n) is 2.10. The molecule has 1 rings (SSSR count). The molecular weight excluding hydrogens is 242 g/mol. The maximum atomic E-state index is 5.16. The maximum Gasteiger partial charge on any atom is 0.0715 e. The molecule has 0 spiro atoms. The predicted molar refractivity (Wildman–Crippen MR) is 63.8 cm³/mol. The lowest BCUT2D eigenvalue weighted by molar-refractivity contribution is 0.129. The standard InChI is InChI=1S/C11H16BrNO/c1-8-4-5-10(12)11(6-8)13-7-9(2)14-3/h4-6,9,13H,7H2,1-3H3. The van der Waals surface area contributed by atoms with Crippen molar-refractivity contribution in [1.29, 1.82) is 0 Å². The van der Waals surface area contributed by atoms with Crippen LogP contribution in [0.3, 0.4) is 0 Å². The quantitative estimate of drug-likeness (QED) is 0.895. The van der Waals surface area contributed by atoms with Crippen molar-refractivity contribution in [1.82, 2.24) is 0 Å². The highest BCUT2D eigenvalue weighted by molar-refractivity contribution is 9.10. The van der Waals surface area contributed by atoms with E-state index in [1.165, 1.54) is 5.56 Å². The van der Waals surface area contributed by atoms with Gasteiger partial charge in [0.2, 0.25) is 0 Å². The van der Waals surface area contributed by atoms with Gasteiger partial charge in [0.25, 0.3) is 0 Å². The van der Waals surface area contributed by atoms with Gasteiger partial charge in [0.1, 0.15) is 0 Å². The predicted octanol–water partition coefficient (Wildman–Crippen LogP) is 3.20. The molecule has 1 atom stereocenters. The van der Waals surface area contributed by atoms with E-state index in [4.69, 9.17) is 4.74 Å². The highest BCUT2D eigenvalue weighted by atomic mass is 79.9. The number of halogens is 1. The molecule has 0 saturated carbocycles. The molecule has 0 radical (unpaired) electrons. The molecule has 3 heteroatoms. The number of rotatable bonds is 4. The van der Waals surface area contributed by atoms with Gasteiger partial charge < -0.3 is 10.1 Å². The molecule has 0 saturated heterocycles. The number of nitrogens with one attached hydrogen (secondary N) is 1. The number of hydrogen-bond donors (Lipinski definition) is 1. The van der Waals surface area contributed by atoms with Crippen LogP contribution in [-0.2, 0) is 4.74 Å². The van der Waals surface area contributed by atoms with Crippen molar-refractivity contribution in [2.75, 3.05) is 19.0 Å². The molecule has 1 unspecified atom stereocenters. The van der Waals surface area contributed by atoms with Gasteiger partial charge in [-0.1, -0.05) is 6.07 Å². The van der Waals surface area contributed by atoms with Crippen LogP contribution in [0.1, 0.15) is 12.5 Å². The Morgan fingerprint density at radius 3 is 2.86 bits per heavy atom. The minimum atomic E-state index is 0.224. The van der Waals surface area contributed by atoms with Crippen LogP contribution in [0.5, 0.6) is 0 Å². The molecule has 0 aromatic heterocycles. The molecule has 2 nitrogen and oxygen atoms in total. The topological polar surface area (TPSA) is 21.3 Å². The molecule has 14 heavy (non-hydrogen) atoms. The summed E-state index contributed by atoms with van der Waals surface area (Å²) in [6, 6.07) is 6.25. The monoisotopic (exact) mass is 257 g/mol. The van der Waals surface area contributed by atoms with E-state index in [-0.39, 0.29) is 6.10 Å². The summed E-state index contributed by atoms with van der Waals surface area (Å²) in [7, 11) is 1.72. The first-order valence-electron chi connectivity index (χ1n) is 4.66. The van der Waals surface area contributed by atoms with Gasteiger partial charge in [-0.25, -0.2) is 0 Å². The number of anilines is 1. The molecular formula is C11H16BrNO. The fourth-order valence-electron chi connectivity index (χ4n) is 1.11. The normalized spacial score (nSPS) is 12.6. The van der Waals surface area contributed by atoms with Gasteiger partial charge in [-0.05, 0) is 47.5 Å². The van der Waals surface area contributed by atoms with E-state index < -0.39 is 0 Å². The van der Waals surface area contributed by atoms with Crippen LogP contribution in [0.2, 0.25) is 0 Å². The molecule has 0 heterocycles. The van der Waals surface area contributed by atoms with E-state index in [0.717, 1.165) is 16.7 Å². The lowest BCUT2D eigenvalue weighted by atomic mass is 10.2. The van der Waals surface area contributed by atoms with Crippen molar-refractivity contribution < 1.29 is 4.74 Å². The first-order chi connectivity index (χ1) is 6.63. The first kappa shape index (κ1) is 11.5. The molecule has 1 aromatic carbocycles. The Kier molecular flexibility index (Phi) is 4.42. The fraction of sp³-hybridized carbons (Fsp3) is 0.455. The third kappa shape index (κ3) is 3.31. The molecule has 78 valence electrons. The zero-order valence-electron chi connectivity index (χ0n) is 8.80. The largest absolute Gasteiger partial charge is 0.382 e. The maximum absolute atomic E-state index is 5.16. The van der Waals surface area contributed by atoms with E-state index >= 15 is 0 Å². The van der Waals surface area contributed by atoms with E-state index in [1.807, 2.05) is 6.92 Å². The summed E-state index contributed by atoms with van der Waals surface area (Å²) in [5.74, 6) is 0. The van der Waals surface area contributed by atoms with Crippen LogP contribution in [0, 0.1) is 6.92 Å². The lowest BCUT2D eigenvalue weighted by Gasteiger charge is -2.13. The van der Waals surface area contributed by atoms with Crippen LogP contribution in [0.15, 0.2) is 22.7 Å². The average Bonchev–Trinajstić information content (AvgIpc) is 2.19. The molecule has 0 aliphatic carbocycles. The molecule has 0 amide bonds. The van der Waals surface area contributed by atoms with Crippen molar-refractivity contribution in [3.63, 3.8) is 0 Å². The minimum absolute atomic E-state index is 0.224. The number of methoxy groups -OCH3 is 1. The van der Waals surface area contributed by atoms with E-state index in [2.05, 4.69) is 46.4 Å². The molecule has 0 aliphatic rings. The fourth-order valence-corrected chi connectivity index (χ4v) is 1.50. The highest BCUT2D eigenvalue weighted by Crippen LogP contribution is 2.23. The lowest BCUT2D eigenvalue weighted by Crippen LogP contribution is -2.18. The van der Waals surface area contributed by atoms with Crippen molar-refractivity contribution in [2.45, 2.75) is 20.0 Å². The van der Waals surface area contributed by atoms with Crippen LogP contribution in [-0.4, -0.2) is 19.8 Å². The number of benzene rings is 1. The summed E-state index contributed by atoms with van der Waals surface area (Å²) in [6.45, 7) is 4.94. The Bertz CT molecular complexity index is 301. The van der Waals surface area contributed by atoms with E-state index in [1.54, 1.807) is 7.11 Å². The van der Waals surface area contributed by atoms with Gasteiger partial charge in [-0.15, -0.1) is 0 Å². The number of aryl methyl sites for hydroxylation is 1. The summed E-state index contributed by atoms with van der Waals surface area (Å²) in [5, 5.41) is 3.33. The summed E-state index contributed by atoms with van der Waals surface area (Å²) in [4.78, 5) is 0. The molecule has 1 N–H and O–H groups in total. The van der Waals surface area contributed by atoms with Crippen LogP contribution >= 0.6 is 15.9 Å². The van der Waals surface area contributed by atoms with Crippen molar-refractivity contribution in [3.05, 3.63) is 28.2 Å². The van der Waals surface area contributed by atoms with E-state index in [9.17, 15) is 0 Å². The first-order valence-corrected chi connectivity index (χ1v) is 5.45. The summed E-state index contributed by atoms with van der Waals surface area (Å²) in [6.07, 6.45) is 0.224. The number of hydrogen-bond acceptors (Lipinski definition) is 2. The van der Waals surface area contributed by atoms with Gasteiger partial charge in [-0.2, -0.15) is 0 Å². The Labute approximate surface area is 93.8 Å². The van der Waals surface area contributed by atoms with Gasteiger partial charge in [-0.3, -0.25) is 0 Å². The van der Waals surface area contributed by atoms with Gasteiger partial charge in [0.15, 0.2) is 0 Å². The second kappa shape index (κ2) is 5.37. The Morgan fingerprint density at radius 1 is 1.50 bits per heavy atom. The average molecular weight is 258 g/mol. The molecule has 0 bridgehead atoms. The third-order valence-corrected chi connectivity index (χ3v) is 2.80. The van der Waals surface area contributed by atoms with Crippen LogP contribution < -0.4 is 5.32 Å². The molecule has 1 aromatic rings. The van der Waals surface area contributed by atoms with Gasteiger partial charge in [0.05, 0.1) is 6.10 Å². The van der Waals surface area contributed by atoms with E-state index in [0.29, 0.717) is 0 Å². The summed E-state index contributed by atoms with van der Waals surface area (Å²) >= 11 is 3.50. The Balaban J connectivity index is 2.62. The Hall–Kier alpha value is -0.540. The summed E-state index contributed by atoms with van der Waals surface area (Å²) < 4.78 is 6.25. The van der Waals surface area contributed by atoms with Crippen molar-refractivity contribution in [3.8, 4) is 0 Å². The molecule has 0 fully saturated rings. The smallest absolute Gasteiger partial charge is 0.0715 e. The zero-order valence-corrected chi connectivity index (χ0v) is 10.4. The summed E-state index contributed by atoms with van der Waals surface area (Å²) in [5.41, 5.74) is 2.37. The van der Waals surface area contributed by atoms with Crippen molar-refractivity contribution >= 4 is 21.6 Å². The van der Waals surface area contributed by atoms with Crippen molar-refractivity contribution in [2.24, 2.45) is 0 Å². The van der Waals surface area contributed by atoms with Gasteiger partial charge in [0, 0.05) is 23.8 Å². The van der Waals surface area contributed by atoms with Crippen LogP contribution in [0.4, 0.5) is 5.69 Å². The second-order valence-corrected chi connectivity index (χ2v) is 4.26.